The van der Waals surface area contributed by atoms with E-state index in [0.717, 1.165) is 33.7 Å². The number of hydrogen-bond acceptors (Lipinski definition) is 4. The van der Waals surface area contributed by atoms with Gasteiger partial charge in [-0.2, -0.15) is 0 Å². The molecule has 0 amide bonds. The molecule has 3 rings (SSSR count). The molecule has 2 aromatic heterocycles. The summed E-state index contributed by atoms with van der Waals surface area (Å²) in [5.74, 6) is 1.78. The van der Waals surface area contributed by atoms with Crippen LogP contribution in [0.1, 0.15) is 0 Å². The van der Waals surface area contributed by atoms with Gasteiger partial charge >= 0.3 is 0 Å². The first-order valence-electron chi connectivity index (χ1n) is 6.76. The molecule has 0 atom stereocenters. The van der Waals surface area contributed by atoms with Crippen molar-refractivity contribution in [2.45, 2.75) is 0 Å². The fourth-order valence-electron chi connectivity index (χ4n) is 2.19. The fraction of sp³-hybridized carbons (Fsp3) is 0.176. The molecule has 3 aromatic rings. The van der Waals surface area contributed by atoms with E-state index in [0.29, 0.717) is 0 Å². The molecule has 0 unspecified atom stereocenters. The first-order valence-corrected chi connectivity index (χ1v) is 6.76. The number of pyridine rings is 2. The summed E-state index contributed by atoms with van der Waals surface area (Å²) < 4.78 is 5.23. The number of benzene rings is 1. The van der Waals surface area contributed by atoms with Gasteiger partial charge in [-0.15, -0.1) is 0 Å². The summed E-state index contributed by atoms with van der Waals surface area (Å²) >= 11 is 0. The molecule has 0 fully saturated rings. The normalized spacial score (nSPS) is 10.6. The Morgan fingerprint density at radius 2 is 1.86 bits per heavy atom. The summed E-state index contributed by atoms with van der Waals surface area (Å²) in [6, 6.07) is 14.0. The average molecular weight is 279 g/mol. The van der Waals surface area contributed by atoms with Crippen molar-refractivity contribution in [3.05, 3.63) is 48.7 Å². The van der Waals surface area contributed by atoms with Crippen LogP contribution in [0, 0.1) is 0 Å². The maximum Gasteiger partial charge on any atom is 0.127 e. The Morgan fingerprint density at radius 3 is 2.52 bits per heavy atom. The SMILES string of the molecule is COc1ccc2nc(-c3ccc(N(C)C)nc3)ccc2c1. The summed E-state index contributed by atoms with van der Waals surface area (Å²) in [7, 11) is 5.62. The number of nitrogens with zero attached hydrogens (tertiary/aromatic N) is 3. The van der Waals surface area contributed by atoms with Crippen LogP contribution in [0.2, 0.25) is 0 Å². The number of ether oxygens (including phenoxy) is 1. The third kappa shape index (κ3) is 2.65. The highest BCUT2D eigenvalue weighted by atomic mass is 16.5. The number of methoxy groups -OCH3 is 1. The third-order valence-corrected chi connectivity index (χ3v) is 3.40. The predicted octanol–water partition coefficient (Wildman–Crippen LogP) is 3.37. The number of aromatic nitrogens is 2. The summed E-state index contributed by atoms with van der Waals surface area (Å²) in [5.41, 5.74) is 2.88. The molecule has 0 aliphatic carbocycles. The van der Waals surface area contributed by atoms with Crippen LogP contribution in [0.15, 0.2) is 48.7 Å². The molecule has 0 aliphatic rings. The molecule has 106 valence electrons. The van der Waals surface area contributed by atoms with Gasteiger partial charge in [0.2, 0.25) is 0 Å². The molecular formula is C17H17N3O. The minimum absolute atomic E-state index is 0.842. The highest BCUT2D eigenvalue weighted by Crippen LogP contribution is 2.24. The molecule has 21 heavy (non-hydrogen) atoms. The minimum Gasteiger partial charge on any atom is -0.497 e. The van der Waals surface area contributed by atoms with E-state index in [9.17, 15) is 0 Å². The first-order chi connectivity index (χ1) is 10.2. The van der Waals surface area contributed by atoms with Crippen LogP contribution in [-0.2, 0) is 0 Å². The molecule has 4 heteroatoms. The van der Waals surface area contributed by atoms with Crippen LogP contribution in [0.25, 0.3) is 22.2 Å². The Kier molecular flexibility index (Phi) is 3.44. The lowest BCUT2D eigenvalue weighted by molar-refractivity contribution is 0.415. The van der Waals surface area contributed by atoms with Crippen molar-refractivity contribution in [3.8, 4) is 17.0 Å². The topological polar surface area (TPSA) is 38.2 Å². The van der Waals surface area contributed by atoms with Crippen LogP contribution in [0.4, 0.5) is 5.82 Å². The highest BCUT2D eigenvalue weighted by molar-refractivity contribution is 5.82. The van der Waals surface area contributed by atoms with Gasteiger partial charge in [-0.1, -0.05) is 6.07 Å². The van der Waals surface area contributed by atoms with Gasteiger partial charge < -0.3 is 9.64 Å². The van der Waals surface area contributed by atoms with E-state index in [4.69, 9.17) is 4.74 Å². The Hall–Kier alpha value is -2.62. The van der Waals surface area contributed by atoms with Crippen molar-refractivity contribution in [2.24, 2.45) is 0 Å². The second kappa shape index (κ2) is 5.40. The van der Waals surface area contributed by atoms with Crippen LogP contribution in [0.3, 0.4) is 0 Å². The Morgan fingerprint density at radius 1 is 1.00 bits per heavy atom. The van der Waals surface area contributed by atoms with Crippen LogP contribution < -0.4 is 9.64 Å². The molecule has 0 saturated heterocycles. The van der Waals surface area contributed by atoms with Crippen molar-refractivity contribution in [2.75, 3.05) is 26.1 Å². The van der Waals surface area contributed by atoms with Gasteiger partial charge in [-0.3, -0.25) is 0 Å². The van der Waals surface area contributed by atoms with Crippen molar-refractivity contribution in [3.63, 3.8) is 0 Å². The summed E-state index contributed by atoms with van der Waals surface area (Å²) in [6.45, 7) is 0. The van der Waals surface area contributed by atoms with Gasteiger partial charge in [0.25, 0.3) is 0 Å². The Balaban J connectivity index is 2.00. The standard InChI is InChI=1S/C17H17N3O/c1-20(2)17-9-5-13(11-18-17)16-7-4-12-10-14(21-3)6-8-15(12)19-16/h4-11H,1-3H3. The van der Waals surface area contributed by atoms with Gasteiger partial charge in [-0.05, 0) is 36.4 Å². The van der Waals surface area contributed by atoms with E-state index in [1.807, 2.05) is 61.6 Å². The zero-order valence-electron chi connectivity index (χ0n) is 12.4. The maximum absolute atomic E-state index is 5.23. The third-order valence-electron chi connectivity index (χ3n) is 3.40. The zero-order valence-corrected chi connectivity index (χ0v) is 12.4. The van der Waals surface area contributed by atoms with E-state index >= 15 is 0 Å². The first kappa shape index (κ1) is 13.4. The maximum atomic E-state index is 5.23. The largest absolute Gasteiger partial charge is 0.497 e. The predicted molar refractivity (Wildman–Crippen MR) is 85.9 cm³/mol. The molecule has 0 bridgehead atoms. The zero-order chi connectivity index (χ0) is 14.8. The molecule has 0 aliphatic heterocycles. The molecule has 0 radical (unpaired) electrons. The van der Waals surface area contributed by atoms with Crippen LogP contribution >= 0.6 is 0 Å². The lowest BCUT2D eigenvalue weighted by Gasteiger charge is -2.11. The second-order valence-electron chi connectivity index (χ2n) is 5.05. The quantitative estimate of drug-likeness (QED) is 0.736. The van der Waals surface area contributed by atoms with Crippen molar-refractivity contribution >= 4 is 16.7 Å². The minimum atomic E-state index is 0.842. The molecular weight excluding hydrogens is 262 g/mol. The van der Waals surface area contributed by atoms with Gasteiger partial charge in [0.1, 0.15) is 11.6 Å². The van der Waals surface area contributed by atoms with E-state index in [1.54, 1.807) is 7.11 Å². The van der Waals surface area contributed by atoms with Crippen LogP contribution in [-0.4, -0.2) is 31.2 Å². The van der Waals surface area contributed by atoms with E-state index < -0.39 is 0 Å². The van der Waals surface area contributed by atoms with Gasteiger partial charge in [-0.25, -0.2) is 9.97 Å². The second-order valence-corrected chi connectivity index (χ2v) is 5.05. The number of anilines is 1. The fourth-order valence-corrected chi connectivity index (χ4v) is 2.19. The summed E-state index contributed by atoms with van der Waals surface area (Å²) in [5, 5.41) is 1.07. The molecule has 0 N–H and O–H groups in total. The lowest BCUT2D eigenvalue weighted by Crippen LogP contribution is -2.10. The molecule has 4 nitrogen and oxygen atoms in total. The summed E-state index contributed by atoms with van der Waals surface area (Å²) in [4.78, 5) is 11.1. The van der Waals surface area contributed by atoms with Crippen LogP contribution in [0.5, 0.6) is 5.75 Å². The van der Waals surface area contributed by atoms with E-state index in [2.05, 4.69) is 16.0 Å². The molecule has 2 heterocycles. The lowest BCUT2D eigenvalue weighted by atomic mass is 10.1. The molecule has 1 aromatic carbocycles. The Labute approximate surface area is 124 Å². The summed E-state index contributed by atoms with van der Waals surface area (Å²) in [6.07, 6.45) is 1.85. The van der Waals surface area contributed by atoms with Gasteiger partial charge in [0.05, 0.1) is 18.3 Å². The van der Waals surface area contributed by atoms with Crippen molar-refractivity contribution in [1.29, 1.82) is 0 Å². The molecule has 0 spiro atoms. The van der Waals surface area contributed by atoms with E-state index in [-0.39, 0.29) is 0 Å². The van der Waals surface area contributed by atoms with E-state index in [1.165, 1.54) is 0 Å². The number of fused-ring (bicyclic) bond motifs is 1. The monoisotopic (exact) mass is 279 g/mol. The number of rotatable bonds is 3. The Bertz CT molecular complexity index is 767. The van der Waals surface area contributed by atoms with Gasteiger partial charge in [0.15, 0.2) is 0 Å². The molecule has 0 saturated carbocycles. The average Bonchev–Trinajstić information content (AvgIpc) is 2.54. The van der Waals surface area contributed by atoms with Crippen molar-refractivity contribution in [1.82, 2.24) is 9.97 Å². The highest BCUT2D eigenvalue weighted by Gasteiger charge is 2.04. The smallest absolute Gasteiger partial charge is 0.127 e. The van der Waals surface area contributed by atoms with Gasteiger partial charge in [0, 0.05) is 31.2 Å². The number of hydrogen-bond donors (Lipinski definition) is 0. The van der Waals surface area contributed by atoms with Crippen molar-refractivity contribution < 1.29 is 4.74 Å².